The molecule has 1 aliphatic rings. The van der Waals surface area contributed by atoms with Crippen LogP contribution < -0.4 is 10.6 Å². The molecule has 1 saturated heterocycles. The van der Waals surface area contributed by atoms with Gasteiger partial charge in [0, 0.05) is 0 Å². The lowest BCUT2D eigenvalue weighted by Crippen LogP contribution is -2.26. The molecule has 0 aromatic carbocycles. The van der Waals surface area contributed by atoms with Gasteiger partial charge in [-0.05, 0) is 33.6 Å². The van der Waals surface area contributed by atoms with Crippen molar-refractivity contribution in [1.82, 2.24) is 10.6 Å². The highest BCUT2D eigenvalue weighted by atomic mass is 16.2. The number of amides is 3. The summed E-state index contributed by atoms with van der Waals surface area (Å²) >= 11 is 0. The highest BCUT2D eigenvalue weighted by molar-refractivity contribution is 6.05. The molecule has 4 nitrogen and oxygen atoms in total. The van der Waals surface area contributed by atoms with Crippen LogP contribution in [0.4, 0.5) is 4.79 Å². The van der Waals surface area contributed by atoms with Gasteiger partial charge in [0.2, 0.25) is 0 Å². The maximum atomic E-state index is 11.3. The molecule has 3 amide bonds. The minimum absolute atomic E-state index is 0.272. The zero-order valence-corrected chi connectivity index (χ0v) is 9.96. The van der Waals surface area contributed by atoms with Gasteiger partial charge < -0.3 is 5.32 Å². The van der Waals surface area contributed by atoms with Gasteiger partial charge in [-0.3, -0.25) is 10.1 Å². The lowest BCUT2D eigenvalue weighted by atomic mass is 10.1. The van der Waals surface area contributed by atoms with E-state index in [4.69, 9.17) is 0 Å². The fraction of sp³-hybridized carbons (Fsp3) is 0.500. The Morgan fingerprint density at radius 1 is 1.31 bits per heavy atom. The number of carbonyl (C=O) groups excluding carboxylic acids is 2. The van der Waals surface area contributed by atoms with Crippen molar-refractivity contribution in [1.29, 1.82) is 0 Å². The molecule has 0 aliphatic carbocycles. The Hall–Kier alpha value is -1.58. The van der Waals surface area contributed by atoms with Gasteiger partial charge >= 0.3 is 6.03 Å². The van der Waals surface area contributed by atoms with Crippen LogP contribution in [0.3, 0.4) is 0 Å². The van der Waals surface area contributed by atoms with Crippen molar-refractivity contribution in [3.63, 3.8) is 0 Å². The molecule has 0 aromatic rings. The molecular weight excluding hydrogens is 204 g/mol. The molecule has 16 heavy (non-hydrogen) atoms. The zero-order valence-electron chi connectivity index (χ0n) is 9.96. The molecule has 4 heteroatoms. The van der Waals surface area contributed by atoms with Crippen molar-refractivity contribution >= 4 is 11.9 Å². The van der Waals surface area contributed by atoms with E-state index in [9.17, 15) is 9.59 Å². The Bertz CT molecular complexity index is 352. The monoisotopic (exact) mass is 222 g/mol. The molecule has 1 unspecified atom stereocenters. The Morgan fingerprint density at radius 3 is 2.50 bits per heavy atom. The summed E-state index contributed by atoms with van der Waals surface area (Å²) < 4.78 is 0. The molecule has 0 saturated carbocycles. The number of hydrogen-bond donors (Lipinski definition) is 2. The maximum Gasteiger partial charge on any atom is 0.322 e. The molecule has 1 atom stereocenters. The summed E-state index contributed by atoms with van der Waals surface area (Å²) in [6.07, 6.45) is 5.83. The van der Waals surface area contributed by atoms with Gasteiger partial charge in [-0.2, -0.15) is 0 Å². The second-order valence-corrected chi connectivity index (χ2v) is 4.27. The predicted octanol–water partition coefficient (Wildman–Crippen LogP) is 1.89. The molecule has 1 fully saturated rings. The Balaban J connectivity index is 2.47. The lowest BCUT2D eigenvalue weighted by Gasteiger charge is -2.03. The molecule has 1 rings (SSSR count). The van der Waals surface area contributed by atoms with Gasteiger partial charge in [0.25, 0.3) is 5.91 Å². The fourth-order valence-electron chi connectivity index (χ4n) is 1.51. The zero-order chi connectivity index (χ0) is 12.1. The van der Waals surface area contributed by atoms with Crippen LogP contribution in [0.2, 0.25) is 0 Å². The summed E-state index contributed by atoms with van der Waals surface area (Å²) in [5, 5.41) is 4.74. The SMILES string of the molecule is CC(C)=CCCC(C)=CC1NC(=O)NC1=O. The number of imide groups is 1. The smallest absolute Gasteiger partial charge is 0.322 e. The van der Waals surface area contributed by atoms with Gasteiger partial charge in [-0.1, -0.05) is 23.3 Å². The average Bonchev–Trinajstić information content (AvgIpc) is 2.44. The first-order valence-corrected chi connectivity index (χ1v) is 5.41. The van der Waals surface area contributed by atoms with Crippen molar-refractivity contribution in [3.8, 4) is 0 Å². The first kappa shape index (κ1) is 12.5. The van der Waals surface area contributed by atoms with Gasteiger partial charge in [0.1, 0.15) is 6.04 Å². The molecule has 1 aliphatic heterocycles. The third-order valence-corrected chi connectivity index (χ3v) is 2.35. The van der Waals surface area contributed by atoms with E-state index in [1.165, 1.54) is 5.57 Å². The third-order valence-electron chi connectivity index (χ3n) is 2.35. The fourth-order valence-corrected chi connectivity index (χ4v) is 1.51. The quantitative estimate of drug-likeness (QED) is 0.563. The Kier molecular flexibility index (Phi) is 4.28. The first-order chi connectivity index (χ1) is 7.49. The molecule has 88 valence electrons. The van der Waals surface area contributed by atoms with Gasteiger partial charge in [0.05, 0.1) is 0 Å². The van der Waals surface area contributed by atoms with Gasteiger partial charge in [0.15, 0.2) is 0 Å². The van der Waals surface area contributed by atoms with Crippen LogP contribution >= 0.6 is 0 Å². The lowest BCUT2D eigenvalue weighted by molar-refractivity contribution is -0.119. The summed E-state index contributed by atoms with van der Waals surface area (Å²) in [7, 11) is 0. The van der Waals surface area contributed by atoms with E-state index in [-0.39, 0.29) is 5.91 Å². The Labute approximate surface area is 95.8 Å². The summed E-state index contributed by atoms with van der Waals surface area (Å²) in [4.78, 5) is 22.1. The van der Waals surface area contributed by atoms with Crippen molar-refractivity contribution < 1.29 is 9.59 Å². The first-order valence-electron chi connectivity index (χ1n) is 5.41. The highest BCUT2D eigenvalue weighted by Gasteiger charge is 2.27. The van der Waals surface area contributed by atoms with E-state index in [1.807, 2.05) is 6.92 Å². The van der Waals surface area contributed by atoms with Crippen LogP contribution in [0, 0.1) is 0 Å². The molecule has 0 radical (unpaired) electrons. The number of urea groups is 1. The third kappa shape index (κ3) is 3.88. The Morgan fingerprint density at radius 2 is 2.00 bits per heavy atom. The number of carbonyl (C=O) groups is 2. The number of rotatable bonds is 4. The van der Waals surface area contributed by atoms with Gasteiger partial charge in [-0.25, -0.2) is 4.79 Å². The molecule has 2 N–H and O–H groups in total. The van der Waals surface area contributed by atoms with Crippen LogP contribution in [0.1, 0.15) is 33.6 Å². The van der Waals surface area contributed by atoms with E-state index >= 15 is 0 Å². The van der Waals surface area contributed by atoms with E-state index < -0.39 is 12.1 Å². The largest absolute Gasteiger partial charge is 0.322 e. The van der Waals surface area contributed by atoms with Crippen LogP contribution in [-0.2, 0) is 4.79 Å². The van der Waals surface area contributed by atoms with Crippen LogP contribution in [0.25, 0.3) is 0 Å². The second-order valence-electron chi connectivity index (χ2n) is 4.27. The van der Waals surface area contributed by atoms with Gasteiger partial charge in [-0.15, -0.1) is 0 Å². The molecule has 0 aromatic heterocycles. The van der Waals surface area contributed by atoms with Crippen LogP contribution in [0.15, 0.2) is 23.3 Å². The summed E-state index contributed by atoms with van der Waals surface area (Å²) in [5.41, 5.74) is 2.40. The van der Waals surface area contributed by atoms with Crippen molar-refractivity contribution in [2.75, 3.05) is 0 Å². The average molecular weight is 222 g/mol. The summed E-state index contributed by atoms with van der Waals surface area (Å²) in [6.45, 7) is 6.09. The number of nitrogens with one attached hydrogen (secondary N) is 2. The standard InChI is InChI=1S/C12H18N2O2/c1-8(2)5-4-6-9(3)7-10-11(15)14-12(16)13-10/h5,7,10H,4,6H2,1-3H3,(H2,13,14,15,16). The molecular formula is C12H18N2O2. The summed E-state index contributed by atoms with van der Waals surface area (Å²) in [5.74, 6) is -0.272. The van der Waals surface area contributed by atoms with E-state index in [1.54, 1.807) is 6.08 Å². The van der Waals surface area contributed by atoms with E-state index in [0.717, 1.165) is 18.4 Å². The number of hydrogen-bond acceptors (Lipinski definition) is 2. The minimum atomic E-state index is -0.501. The van der Waals surface area contributed by atoms with Crippen molar-refractivity contribution in [2.24, 2.45) is 0 Å². The van der Waals surface area contributed by atoms with Crippen molar-refractivity contribution in [3.05, 3.63) is 23.3 Å². The van der Waals surface area contributed by atoms with Crippen LogP contribution in [0.5, 0.6) is 0 Å². The normalized spacial score (nSPS) is 20.4. The topological polar surface area (TPSA) is 58.2 Å². The van der Waals surface area contributed by atoms with E-state index in [2.05, 4.69) is 30.6 Å². The molecule has 0 bridgehead atoms. The van der Waals surface area contributed by atoms with Crippen LogP contribution in [-0.4, -0.2) is 18.0 Å². The molecule has 1 heterocycles. The maximum absolute atomic E-state index is 11.3. The number of allylic oxidation sites excluding steroid dienone is 3. The predicted molar refractivity (Wildman–Crippen MR) is 62.9 cm³/mol. The highest BCUT2D eigenvalue weighted by Crippen LogP contribution is 2.09. The molecule has 0 spiro atoms. The second kappa shape index (κ2) is 5.49. The van der Waals surface area contributed by atoms with Crippen molar-refractivity contribution in [2.45, 2.75) is 39.7 Å². The van der Waals surface area contributed by atoms with E-state index in [0.29, 0.717) is 0 Å². The minimum Gasteiger partial charge on any atom is -0.322 e. The summed E-state index contributed by atoms with van der Waals surface area (Å²) in [6, 6.07) is -0.914.